The van der Waals surface area contributed by atoms with Crippen LogP contribution in [0.4, 0.5) is 5.69 Å². The van der Waals surface area contributed by atoms with E-state index in [0.717, 1.165) is 49.4 Å². The van der Waals surface area contributed by atoms with Gasteiger partial charge in [0, 0.05) is 56.5 Å². The van der Waals surface area contributed by atoms with Crippen LogP contribution >= 0.6 is 35.6 Å². The number of piperazine rings is 1. The monoisotopic (exact) mass is 543 g/mol. The Kier molecular flexibility index (Phi) is 11.5. The highest BCUT2D eigenvalue weighted by molar-refractivity contribution is 14.0. The minimum Gasteiger partial charge on any atom is -0.368 e. The van der Waals surface area contributed by atoms with E-state index in [4.69, 9.17) is 11.6 Å². The number of halogens is 2. The fourth-order valence-electron chi connectivity index (χ4n) is 2.87. The van der Waals surface area contributed by atoms with Crippen molar-refractivity contribution in [3.05, 3.63) is 29.3 Å². The zero-order chi connectivity index (χ0) is 19.7. The van der Waals surface area contributed by atoms with Crippen molar-refractivity contribution in [2.45, 2.75) is 20.3 Å². The molecule has 1 aromatic carbocycles. The smallest absolute Gasteiger partial charge is 0.211 e. The van der Waals surface area contributed by atoms with Gasteiger partial charge in [-0.2, -0.15) is 0 Å². The molecule has 1 aliphatic heterocycles. The van der Waals surface area contributed by atoms with Crippen molar-refractivity contribution in [2.75, 3.05) is 56.5 Å². The summed E-state index contributed by atoms with van der Waals surface area (Å²) in [6.07, 6.45) is 0.677. The summed E-state index contributed by atoms with van der Waals surface area (Å²) in [5.74, 6) is 0.997. The number of benzene rings is 1. The van der Waals surface area contributed by atoms with Crippen molar-refractivity contribution in [2.24, 2.45) is 4.99 Å². The molecule has 1 saturated heterocycles. The van der Waals surface area contributed by atoms with Crippen LogP contribution in [0.1, 0.15) is 20.3 Å². The molecule has 2 N–H and O–H groups in total. The van der Waals surface area contributed by atoms with E-state index >= 15 is 0 Å². The first-order valence-electron chi connectivity index (χ1n) is 9.46. The van der Waals surface area contributed by atoms with Crippen LogP contribution in [0.3, 0.4) is 0 Å². The van der Waals surface area contributed by atoms with Crippen LogP contribution in [0.5, 0.6) is 0 Å². The van der Waals surface area contributed by atoms with E-state index in [2.05, 4.69) is 30.9 Å². The van der Waals surface area contributed by atoms with Crippen LogP contribution in [0.2, 0.25) is 5.02 Å². The van der Waals surface area contributed by atoms with Gasteiger partial charge in [-0.05, 0) is 38.5 Å². The van der Waals surface area contributed by atoms with E-state index in [0.29, 0.717) is 19.5 Å². The van der Waals surface area contributed by atoms with Gasteiger partial charge in [-0.25, -0.2) is 13.1 Å². The first-order valence-corrected chi connectivity index (χ1v) is 11.5. The standard InChI is InChI=1S/C18H30ClN5O2S.HI/c1-3-20-18(21-9-6-10-22-27(25,26)4-2)24-13-11-23(12-14-24)17-8-5-7-16(19)15-17;/h5,7-8,15,22H,3-4,6,9-14H2,1-2H3,(H,20,21);1H. The highest BCUT2D eigenvalue weighted by Gasteiger charge is 2.19. The van der Waals surface area contributed by atoms with Crippen molar-refractivity contribution in [1.82, 2.24) is 14.9 Å². The molecule has 1 aromatic rings. The number of anilines is 1. The van der Waals surface area contributed by atoms with E-state index in [9.17, 15) is 8.42 Å². The number of rotatable bonds is 8. The number of hydrogen-bond donors (Lipinski definition) is 2. The molecule has 1 aliphatic rings. The van der Waals surface area contributed by atoms with Crippen LogP contribution in [0.25, 0.3) is 0 Å². The summed E-state index contributed by atoms with van der Waals surface area (Å²) < 4.78 is 25.4. The molecule has 7 nitrogen and oxygen atoms in total. The third-order valence-corrected chi connectivity index (χ3v) is 6.03. The molecule has 0 amide bonds. The van der Waals surface area contributed by atoms with Crippen molar-refractivity contribution in [3.63, 3.8) is 0 Å². The molecule has 28 heavy (non-hydrogen) atoms. The minimum atomic E-state index is -3.13. The van der Waals surface area contributed by atoms with Gasteiger partial charge >= 0.3 is 0 Å². The zero-order valence-electron chi connectivity index (χ0n) is 16.5. The van der Waals surface area contributed by atoms with Gasteiger partial charge < -0.3 is 15.1 Å². The summed E-state index contributed by atoms with van der Waals surface area (Å²) >= 11 is 6.10. The Hall–Kier alpha value is -0.780. The maximum absolute atomic E-state index is 11.4. The van der Waals surface area contributed by atoms with Crippen LogP contribution in [-0.2, 0) is 10.0 Å². The summed E-state index contributed by atoms with van der Waals surface area (Å²) in [5.41, 5.74) is 1.15. The average molecular weight is 544 g/mol. The van der Waals surface area contributed by atoms with Gasteiger partial charge in [0.1, 0.15) is 0 Å². The fourth-order valence-corrected chi connectivity index (χ4v) is 3.71. The van der Waals surface area contributed by atoms with Gasteiger partial charge in [-0.1, -0.05) is 17.7 Å². The van der Waals surface area contributed by atoms with Gasteiger partial charge in [0.15, 0.2) is 5.96 Å². The van der Waals surface area contributed by atoms with E-state index in [1.165, 1.54) is 0 Å². The molecule has 0 spiro atoms. The molecule has 0 aliphatic carbocycles. The summed E-state index contributed by atoms with van der Waals surface area (Å²) in [4.78, 5) is 9.23. The van der Waals surface area contributed by atoms with Gasteiger partial charge in [0.05, 0.1) is 5.75 Å². The molecular formula is C18H31ClIN5O2S. The predicted molar refractivity (Wildman–Crippen MR) is 129 cm³/mol. The lowest BCUT2D eigenvalue weighted by Gasteiger charge is -2.37. The molecule has 0 atom stereocenters. The SMILES string of the molecule is CCNC(=NCCCNS(=O)(=O)CC)N1CCN(c2cccc(Cl)c2)CC1.I. The van der Waals surface area contributed by atoms with Crippen molar-refractivity contribution in [1.29, 1.82) is 0 Å². The third kappa shape index (κ3) is 8.30. The number of aliphatic imine (C=N–C) groups is 1. The van der Waals surface area contributed by atoms with Gasteiger partial charge in [-0.15, -0.1) is 24.0 Å². The Morgan fingerprint density at radius 1 is 1.21 bits per heavy atom. The molecule has 0 aromatic heterocycles. The molecular weight excluding hydrogens is 513 g/mol. The van der Waals surface area contributed by atoms with Crippen molar-refractivity contribution < 1.29 is 8.42 Å². The number of guanidine groups is 1. The van der Waals surface area contributed by atoms with Gasteiger partial charge in [-0.3, -0.25) is 4.99 Å². The molecule has 0 radical (unpaired) electrons. The van der Waals surface area contributed by atoms with Crippen LogP contribution in [-0.4, -0.2) is 70.8 Å². The van der Waals surface area contributed by atoms with Crippen LogP contribution in [0, 0.1) is 0 Å². The molecule has 10 heteroatoms. The van der Waals surface area contributed by atoms with E-state index < -0.39 is 10.0 Å². The first kappa shape index (κ1) is 25.3. The van der Waals surface area contributed by atoms with Gasteiger partial charge in [0.2, 0.25) is 10.0 Å². The molecule has 0 unspecified atom stereocenters. The lowest BCUT2D eigenvalue weighted by atomic mass is 10.2. The number of sulfonamides is 1. The fraction of sp³-hybridized carbons (Fsp3) is 0.611. The lowest BCUT2D eigenvalue weighted by molar-refractivity contribution is 0.372. The van der Waals surface area contributed by atoms with Crippen molar-refractivity contribution in [3.8, 4) is 0 Å². The molecule has 160 valence electrons. The average Bonchev–Trinajstić information content (AvgIpc) is 2.67. The Bertz CT molecular complexity index is 724. The summed E-state index contributed by atoms with van der Waals surface area (Å²) in [7, 11) is -3.13. The first-order chi connectivity index (χ1) is 12.9. The molecule has 0 saturated carbocycles. The predicted octanol–water partition coefficient (Wildman–Crippen LogP) is 2.37. The van der Waals surface area contributed by atoms with E-state index in [1.54, 1.807) is 6.92 Å². The maximum Gasteiger partial charge on any atom is 0.211 e. The summed E-state index contributed by atoms with van der Waals surface area (Å²) in [6.45, 7) is 9.05. The zero-order valence-corrected chi connectivity index (χ0v) is 20.4. The summed E-state index contributed by atoms with van der Waals surface area (Å²) in [6, 6.07) is 7.94. The Balaban J connectivity index is 0.00000392. The van der Waals surface area contributed by atoms with Gasteiger partial charge in [0.25, 0.3) is 0 Å². The Labute approximate surface area is 191 Å². The molecule has 0 bridgehead atoms. The summed E-state index contributed by atoms with van der Waals surface area (Å²) in [5, 5.41) is 4.09. The Morgan fingerprint density at radius 2 is 1.93 bits per heavy atom. The number of hydrogen-bond acceptors (Lipinski definition) is 4. The second kappa shape index (κ2) is 12.7. The highest BCUT2D eigenvalue weighted by atomic mass is 127. The lowest BCUT2D eigenvalue weighted by Crippen LogP contribution is -2.52. The van der Waals surface area contributed by atoms with Crippen molar-refractivity contribution >= 4 is 57.2 Å². The number of nitrogens with zero attached hydrogens (tertiary/aromatic N) is 3. The normalized spacial score (nSPS) is 15.3. The highest BCUT2D eigenvalue weighted by Crippen LogP contribution is 2.20. The molecule has 1 heterocycles. The minimum absolute atomic E-state index is 0. The van der Waals surface area contributed by atoms with Crippen LogP contribution < -0.4 is 14.9 Å². The second-order valence-electron chi connectivity index (χ2n) is 6.34. The Morgan fingerprint density at radius 3 is 2.54 bits per heavy atom. The number of nitrogens with one attached hydrogen (secondary N) is 2. The van der Waals surface area contributed by atoms with E-state index in [-0.39, 0.29) is 29.7 Å². The second-order valence-corrected chi connectivity index (χ2v) is 8.87. The largest absolute Gasteiger partial charge is 0.368 e. The van der Waals surface area contributed by atoms with E-state index in [1.807, 2.05) is 25.1 Å². The molecule has 2 rings (SSSR count). The third-order valence-electron chi connectivity index (χ3n) is 4.39. The topological polar surface area (TPSA) is 77.0 Å². The maximum atomic E-state index is 11.4. The quantitative estimate of drug-likeness (QED) is 0.228. The molecule has 1 fully saturated rings. The van der Waals surface area contributed by atoms with Crippen LogP contribution in [0.15, 0.2) is 29.3 Å².